The lowest BCUT2D eigenvalue weighted by Gasteiger charge is -2.30. The van der Waals surface area contributed by atoms with Gasteiger partial charge in [-0.15, -0.1) is 0 Å². The molecule has 1 saturated heterocycles. The Morgan fingerprint density at radius 2 is 1.42 bits per heavy atom. The van der Waals surface area contributed by atoms with Gasteiger partial charge in [0, 0.05) is 46.0 Å². The van der Waals surface area contributed by atoms with Crippen molar-refractivity contribution < 1.29 is 26.0 Å². The topological polar surface area (TPSA) is 113 Å². The number of anilines is 2. The maximum Gasteiger partial charge on any atom is 0.261 e. The summed E-state index contributed by atoms with van der Waals surface area (Å²) in [5.74, 6) is -1.50. The van der Waals surface area contributed by atoms with Gasteiger partial charge in [0.05, 0.1) is 10.6 Å². The van der Waals surface area contributed by atoms with E-state index in [4.69, 9.17) is 23.2 Å². The molecule has 0 unspecified atom stereocenters. The minimum absolute atomic E-state index is 0.0306. The fraction of sp³-hybridized carbons (Fsp3) is 0.240. The SMILES string of the molecule is O=C(Nc1ccc(S(=O)(=O)Nc2ccc(F)cc2)cc1)C1CCN(S(=O)(=O)Cc2c(Cl)cccc2Cl)CC1. The molecule has 1 heterocycles. The average molecular weight is 601 g/mol. The minimum atomic E-state index is -3.90. The lowest BCUT2D eigenvalue weighted by Crippen LogP contribution is -2.42. The largest absolute Gasteiger partial charge is 0.326 e. The molecule has 8 nitrogen and oxygen atoms in total. The van der Waals surface area contributed by atoms with E-state index in [9.17, 15) is 26.0 Å². The van der Waals surface area contributed by atoms with Gasteiger partial charge in [-0.25, -0.2) is 25.5 Å². The third-order valence-corrected chi connectivity index (χ3v) is 10.0. The van der Waals surface area contributed by atoms with Crippen LogP contribution in [-0.2, 0) is 30.6 Å². The maximum absolute atomic E-state index is 13.1. The molecule has 0 aromatic heterocycles. The van der Waals surface area contributed by atoms with Gasteiger partial charge >= 0.3 is 0 Å². The van der Waals surface area contributed by atoms with E-state index < -0.39 is 31.8 Å². The Hall–Kier alpha value is -2.70. The Labute approximate surface area is 230 Å². The molecule has 0 bridgehead atoms. The van der Waals surface area contributed by atoms with Gasteiger partial charge in [0.2, 0.25) is 15.9 Å². The number of carbonyl (C=O) groups is 1. The van der Waals surface area contributed by atoms with Gasteiger partial charge in [0.25, 0.3) is 10.0 Å². The third-order valence-electron chi connectivity index (χ3n) is 6.14. The van der Waals surface area contributed by atoms with Crippen molar-refractivity contribution in [1.29, 1.82) is 0 Å². The highest BCUT2D eigenvalue weighted by Crippen LogP contribution is 2.29. The number of amides is 1. The number of nitrogens with zero attached hydrogens (tertiary/aromatic N) is 1. The van der Waals surface area contributed by atoms with Crippen molar-refractivity contribution in [3.05, 3.63) is 88.2 Å². The first-order chi connectivity index (χ1) is 17.9. The average Bonchev–Trinajstić information content (AvgIpc) is 2.88. The highest BCUT2D eigenvalue weighted by Gasteiger charge is 2.32. The maximum atomic E-state index is 13.1. The number of halogens is 3. The van der Waals surface area contributed by atoms with E-state index in [0.29, 0.717) is 24.1 Å². The molecule has 0 radical (unpaired) electrons. The number of carbonyl (C=O) groups excluding carboxylic acids is 1. The van der Waals surface area contributed by atoms with Crippen molar-refractivity contribution in [1.82, 2.24) is 4.31 Å². The summed E-state index contributed by atoms with van der Waals surface area (Å²) >= 11 is 12.2. The van der Waals surface area contributed by atoms with Gasteiger partial charge < -0.3 is 5.32 Å². The Balaban J connectivity index is 1.32. The van der Waals surface area contributed by atoms with Crippen molar-refractivity contribution in [2.75, 3.05) is 23.1 Å². The molecule has 1 amide bonds. The van der Waals surface area contributed by atoms with E-state index in [2.05, 4.69) is 10.0 Å². The number of hydrogen-bond acceptors (Lipinski definition) is 5. The predicted molar refractivity (Wildman–Crippen MR) is 146 cm³/mol. The van der Waals surface area contributed by atoms with Crippen LogP contribution < -0.4 is 10.0 Å². The molecule has 4 rings (SSSR count). The van der Waals surface area contributed by atoms with E-state index in [1.54, 1.807) is 18.2 Å². The lowest BCUT2D eigenvalue weighted by atomic mass is 9.97. The summed E-state index contributed by atoms with van der Waals surface area (Å²) in [6.07, 6.45) is 0.657. The summed E-state index contributed by atoms with van der Waals surface area (Å²) in [4.78, 5) is 12.7. The molecule has 38 heavy (non-hydrogen) atoms. The molecule has 1 aliphatic heterocycles. The number of benzene rings is 3. The number of nitrogens with one attached hydrogen (secondary N) is 2. The fourth-order valence-electron chi connectivity index (χ4n) is 4.03. The van der Waals surface area contributed by atoms with Gasteiger partial charge in [-0.3, -0.25) is 9.52 Å². The molecule has 1 aliphatic rings. The first-order valence-corrected chi connectivity index (χ1v) is 15.4. The lowest BCUT2D eigenvalue weighted by molar-refractivity contribution is -0.120. The number of rotatable bonds is 8. The molecule has 0 atom stereocenters. The van der Waals surface area contributed by atoms with Crippen molar-refractivity contribution in [3.8, 4) is 0 Å². The normalized spacial score (nSPS) is 15.2. The van der Waals surface area contributed by atoms with Gasteiger partial charge in [-0.2, -0.15) is 0 Å². The van der Waals surface area contributed by atoms with E-state index in [1.807, 2.05) is 0 Å². The first kappa shape index (κ1) is 28.3. The Morgan fingerprint density at radius 3 is 2.00 bits per heavy atom. The third kappa shape index (κ3) is 6.83. The van der Waals surface area contributed by atoms with Crippen molar-refractivity contribution in [2.24, 2.45) is 5.92 Å². The van der Waals surface area contributed by atoms with Crippen molar-refractivity contribution >= 4 is 60.5 Å². The molecule has 3 aromatic rings. The van der Waals surface area contributed by atoms with Gasteiger partial charge in [0.15, 0.2) is 0 Å². The summed E-state index contributed by atoms with van der Waals surface area (Å²) in [6.45, 7) is 0.351. The molecule has 0 aliphatic carbocycles. The van der Waals surface area contributed by atoms with Crippen LogP contribution in [0.25, 0.3) is 0 Å². The predicted octanol–water partition coefficient (Wildman–Crippen LogP) is 5.11. The molecule has 0 saturated carbocycles. The van der Waals surface area contributed by atoms with Gasteiger partial charge in [-0.1, -0.05) is 29.3 Å². The zero-order valence-electron chi connectivity index (χ0n) is 19.9. The van der Waals surface area contributed by atoms with Crippen LogP contribution in [0.1, 0.15) is 18.4 Å². The van der Waals surface area contributed by atoms with E-state index >= 15 is 0 Å². The molecule has 13 heteroatoms. The van der Waals surface area contributed by atoms with Crippen LogP contribution in [0.5, 0.6) is 0 Å². The van der Waals surface area contributed by atoms with Crippen LogP contribution in [0.15, 0.2) is 71.6 Å². The standard InChI is InChI=1S/C25H24Cl2FN3O5S2/c26-23-2-1-3-24(27)22(23)16-37(33,34)31-14-12-17(13-15-31)25(32)29-19-8-10-21(11-9-19)38(35,36)30-20-6-4-18(28)5-7-20/h1-11,17,30H,12-16H2,(H,29,32). The summed E-state index contributed by atoms with van der Waals surface area (Å²) < 4.78 is 67.7. The first-order valence-electron chi connectivity index (χ1n) is 11.5. The van der Waals surface area contributed by atoms with Gasteiger partial charge in [0.1, 0.15) is 5.82 Å². The quantitative estimate of drug-likeness (QED) is 0.373. The molecule has 0 spiro atoms. The second kappa shape index (κ2) is 11.6. The van der Waals surface area contributed by atoms with Crippen molar-refractivity contribution in [2.45, 2.75) is 23.5 Å². The Kier molecular flexibility index (Phi) is 8.63. The fourth-order valence-corrected chi connectivity index (χ4v) is 7.41. The molecular formula is C25H24Cl2FN3O5S2. The zero-order valence-corrected chi connectivity index (χ0v) is 23.0. The van der Waals surface area contributed by atoms with Crippen LogP contribution >= 0.6 is 23.2 Å². The van der Waals surface area contributed by atoms with E-state index in [0.717, 1.165) is 12.1 Å². The van der Waals surface area contributed by atoms with Crippen molar-refractivity contribution in [3.63, 3.8) is 0 Å². The Bertz CT molecular complexity index is 1510. The molecule has 2 N–H and O–H groups in total. The van der Waals surface area contributed by atoms with E-state index in [1.165, 1.54) is 40.7 Å². The monoisotopic (exact) mass is 599 g/mol. The second-order valence-corrected chi connectivity index (χ2v) is 13.2. The minimum Gasteiger partial charge on any atom is -0.326 e. The van der Waals surface area contributed by atoms with Crippen LogP contribution in [0.2, 0.25) is 10.0 Å². The summed E-state index contributed by atoms with van der Waals surface area (Å²) in [6, 6.07) is 15.3. The highest BCUT2D eigenvalue weighted by molar-refractivity contribution is 7.92. The van der Waals surface area contributed by atoms with Crippen LogP contribution in [0.3, 0.4) is 0 Å². The zero-order chi connectivity index (χ0) is 27.5. The van der Waals surface area contributed by atoms with Crippen LogP contribution in [-0.4, -0.2) is 40.1 Å². The summed E-state index contributed by atoms with van der Waals surface area (Å²) in [7, 11) is -7.59. The highest BCUT2D eigenvalue weighted by atomic mass is 35.5. The Morgan fingerprint density at radius 1 is 0.868 bits per heavy atom. The molecule has 3 aromatic carbocycles. The number of hydrogen-bond donors (Lipinski definition) is 2. The van der Waals surface area contributed by atoms with Gasteiger partial charge in [-0.05, 0) is 73.5 Å². The smallest absolute Gasteiger partial charge is 0.261 e. The summed E-state index contributed by atoms with van der Waals surface area (Å²) in [5.41, 5.74) is 0.959. The second-order valence-electron chi connectivity index (χ2n) is 8.76. The molecule has 1 fully saturated rings. The van der Waals surface area contributed by atoms with Crippen LogP contribution in [0.4, 0.5) is 15.8 Å². The van der Waals surface area contributed by atoms with E-state index in [-0.39, 0.29) is 45.4 Å². The summed E-state index contributed by atoms with van der Waals surface area (Å²) in [5, 5.41) is 3.31. The molecular weight excluding hydrogens is 576 g/mol. The van der Waals surface area contributed by atoms with Crippen LogP contribution in [0, 0.1) is 11.7 Å². The number of piperidine rings is 1. The molecule has 202 valence electrons. The number of sulfonamides is 2.